The lowest BCUT2D eigenvalue weighted by atomic mass is 9.96. The summed E-state index contributed by atoms with van der Waals surface area (Å²) in [6.07, 6.45) is 0.373. The zero-order chi connectivity index (χ0) is 19.6. The number of ether oxygens (including phenoxy) is 2. The highest BCUT2D eigenvalue weighted by molar-refractivity contribution is 8.00. The largest absolute Gasteiger partial charge is 0.497 e. The number of halogens is 1. The molecular weight excluding hydrogens is 394 g/mol. The van der Waals surface area contributed by atoms with Crippen LogP contribution in [-0.4, -0.2) is 53.0 Å². The predicted octanol–water partition coefficient (Wildman–Crippen LogP) is 0.547. The average Bonchev–Trinajstić information content (AvgIpc) is 2.70. The molecule has 1 aromatic rings. The van der Waals surface area contributed by atoms with Crippen LogP contribution in [0, 0.1) is 0 Å². The molecule has 1 saturated heterocycles. The van der Waals surface area contributed by atoms with Gasteiger partial charge in [0.05, 0.1) is 7.11 Å². The standard InChI is InChI=1S/C17H18ClN3O5S/c1-25-12-4-2-10(3-5-12)7-26-14(23)13-11(6-18)8-27-16-17(19,20-9-22)15(24)21(13)16/h2-5,9,16H,6-8,19H2,1H3,(H,20,22)/t16-,17+/m1/s1. The molecule has 27 heavy (non-hydrogen) atoms. The number of fused-ring (bicyclic) bond motifs is 1. The van der Waals surface area contributed by atoms with Crippen molar-refractivity contribution in [1.82, 2.24) is 10.2 Å². The summed E-state index contributed by atoms with van der Waals surface area (Å²) in [5.74, 6) is -0.0592. The highest BCUT2D eigenvalue weighted by atomic mass is 35.5. The van der Waals surface area contributed by atoms with Crippen molar-refractivity contribution in [2.75, 3.05) is 18.7 Å². The van der Waals surface area contributed by atoms with Gasteiger partial charge in [-0.1, -0.05) is 12.1 Å². The first-order valence-electron chi connectivity index (χ1n) is 7.99. The van der Waals surface area contributed by atoms with Crippen LogP contribution >= 0.6 is 23.4 Å². The molecule has 1 fully saturated rings. The molecule has 2 atom stereocenters. The van der Waals surface area contributed by atoms with Crippen molar-refractivity contribution in [3.05, 3.63) is 41.1 Å². The molecule has 2 amide bonds. The first-order chi connectivity index (χ1) is 13.0. The topological polar surface area (TPSA) is 111 Å². The summed E-state index contributed by atoms with van der Waals surface area (Å²) < 4.78 is 10.5. The summed E-state index contributed by atoms with van der Waals surface area (Å²) in [7, 11) is 1.56. The van der Waals surface area contributed by atoms with Crippen LogP contribution in [0.1, 0.15) is 5.56 Å². The number of hydrogen-bond donors (Lipinski definition) is 2. The lowest BCUT2D eigenvalue weighted by Gasteiger charge is -2.54. The summed E-state index contributed by atoms with van der Waals surface area (Å²) in [6, 6.07) is 7.06. The van der Waals surface area contributed by atoms with Gasteiger partial charge >= 0.3 is 5.97 Å². The van der Waals surface area contributed by atoms with Crippen LogP contribution < -0.4 is 15.8 Å². The molecule has 3 rings (SSSR count). The van der Waals surface area contributed by atoms with Crippen LogP contribution in [0.25, 0.3) is 0 Å². The van der Waals surface area contributed by atoms with Gasteiger partial charge in [0.2, 0.25) is 12.1 Å². The van der Waals surface area contributed by atoms with Crippen LogP contribution in [-0.2, 0) is 25.7 Å². The van der Waals surface area contributed by atoms with E-state index in [-0.39, 0.29) is 18.2 Å². The maximum atomic E-state index is 12.7. The fourth-order valence-electron chi connectivity index (χ4n) is 2.91. The summed E-state index contributed by atoms with van der Waals surface area (Å²) in [5.41, 5.74) is 5.89. The number of methoxy groups -OCH3 is 1. The van der Waals surface area contributed by atoms with Gasteiger partial charge in [0, 0.05) is 11.6 Å². The van der Waals surface area contributed by atoms with Gasteiger partial charge in [0.1, 0.15) is 23.4 Å². The molecule has 0 bridgehead atoms. The molecule has 144 valence electrons. The highest BCUT2D eigenvalue weighted by Crippen LogP contribution is 2.44. The van der Waals surface area contributed by atoms with Gasteiger partial charge < -0.3 is 14.8 Å². The van der Waals surface area contributed by atoms with E-state index < -0.39 is 22.9 Å². The first-order valence-corrected chi connectivity index (χ1v) is 9.58. The van der Waals surface area contributed by atoms with Gasteiger partial charge in [-0.25, -0.2) is 4.79 Å². The smallest absolute Gasteiger partial charge is 0.355 e. The second-order valence-corrected chi connectivity index (χ2v) is 7.32. The van der Waals surface area contributed by atoms with E-state index in [9.17, 15) is 14.4 Å². The van der Waals surface area contributed by atoms with Crippen LogP contribution in [0.15, 0.2) is 35.5 Å². The van der Waals surface area contributed by atoms with Crippen LogP contribution in [0.3, 0.4) is 0 Å². The number of rotatable bonds is 7. The summed E-state index contributed by atoms with van der Waals surface area (Å²) in [6.45, 7) is 0.0299. The van der Waals surface area contributed by atoms with E-state index in [0.717, 1.165) is 5.56 Å². The van der Waals surface area contributed by atoms with E-state index in [1.807, 2.05) is 0 Å². The number of thioether (sulfide) groups is 1. The maximum absolute atomic E-state index is 12.7. The predicted molar refractivity (Wildman–Crippen MR) is 99.7 cm³/mol. The maximum Gasteiger partial charge on any atom is 0.355 e. The quantitative estimate of drug-likeness (QED) is 0.221. The molecule has 10 heteroatoms. The van der Waals surface area contributed by atoms with Crippen molar-refractivity contribution in [3.63, 3.8) is 0 Å². The Hall–Kier alpha value is -2.23. The monoisotopic (exact) mass is 411 g/mol. The molecule has 0 unspecified atom stereocenters. The number of β-lactam (4-membered cyclic amide) rings is 1. The molecule has 0 aliphatic carbocycles. The molecule has 2 aliphatic rings. The van der Waals surface area contributed by atoms with E-state index in [1.54, 1.807) is 31.4 Å². The number of amides is 2. The third kappa shape index (κ3) is 3.38. The molecule has 2 aliphatic heterocycles. The molecule has 1 aromatic carbocycles. The summed E-state index contributed by atoms with van der Waals surface area (Å²) >= 11 is 7.28. The Morgan fingerprint density at radius 2 is 2.19 bits per heavy atom. The van der Waals surface area contributed by atoms with Gasteiger partial charge in [-0.05, 0) is 23.3 Å². The van der Waals surface area contributed by atoms with Crippen molar-refractivity contribution in [2.45, 2.75) is 17.6 Å². The minimum absolute atomic E-state index is 0.0299. The number of nitrogens with two attached hydrogens (primary N) is 1. The third-order valence-electron chi connectivity index (χ3n) is 4.37. The minimum atomic E-state index is -1.54. The van der Waals surface area contributed by atoms with E-state index in [2.05, 4.69) is 5.32 Å². The number of carbonyl (C=O) groups is 3. The zero-order valence-electron chi connectivity index (χ0n) is 14.4. The number of carbonyl (C=O) groups excluding carboxylic acids is 3. The number of alkyl halides is 1. The molecule has 0 aromatic heterocycles. The van der Waals surface area contributed by atoms with Crippen LogP contribution in [0.4, 0.5) is 0 Å². The van der Waals surface area contributed by atoms with Crippen molar-refractivity contribution in [1.29, 1.82) is 0 Å². The fourth-order valence-corrected chi connectivity index (χ4v) is 4.62. The van der Waals surface area contributed by atoms with E-state index in [4.69, 9.17) is 26.8 Å². The van der Waals surface area contributed by atoms with E-state index in [1.165, 1.54) is 16.7 Å². The first kappa shape index (κ1) is 19.5. The van der Waals surface area contributed by atoms with Crippen LogP contribution in [0.5, 0.6) is 5.75 Å². The number of nitrogens with zero attached hydrogens (tertiary/aromatic N) is 1. The minimum Gasteiger partial charge on any atom is -0.497 e. The Kier molecular flexibility index (Phi) is 5.64. The number of esters is 1. The van der Waals surface area contributed by atoms with Gasteiger partial charge in [0.25, 0.3) is 5.91 Å². The Labute approximate surface area is 165 Å². The molecular formula is C17H18ClN3O5S. The van der Waals surface area contributed by atoms with Gasteiger partial charge in [-0.3, -0.25) is 20.2 Å². The molecule has 0 spiro atoms. The number of benzene rings is 1. The molecule has 0 radical (unpaired) electrons. The Bertz CT molecular complexity index is 800. The van der Waals surface area contributed by atoms with Crippen molar-refractivity contribution >= 4 is 41.6 Å². The lowest BCUT2D eigenvalue weighted by Crippen LogP contribution is -2.83. The molecule has 8 nitrogen and oxygen atoms in total. The molecule has 3 N–H and O–H groups in total. The van der Waals surface area contributed by atoms with E-state index in [0.29, 0.717) is 23.5 Å². The average molecular weight is 412 g/mol. The van der Waals surface area contributed by atoms with Crippen molar-refractivity contribution in [3.8, 4) is 5.75 Å². The Balaban J connectivity index is 1.76. The molecule has 2 heterocycles. The van der Waals surface area contributed by atoms with Gasteiger partial charge in [0.15, 0.2) is 0 Å². The normalized spacial score (nSPS) is 24.0. The fraction of sp³-hybridized carbons (Fsp3) is 0.353. The SMILES string of the molecule is COc1ccc(COC(=O)C2=C(CCl)CS[C@H]3N2C(=O)[C@]3(N)NC=O)cc1. The van der Waals surface area contributed by atoms with Crippen molar-refractivity contribution in [2.24, 2.45) is 5.73 Å². The highest BCUT2D eigenvalue weighted by Gasteiger charge is 2.63. The van der Waals surface area contributed by atoms with Gasteiger partial charge in [-0.2, -0.15) is 0 Å². The second-order valence-electron chi connectivity index (χ2n) is 5.98. The lowest BCUT2D eigenvalue weighted by molar-refractivity contribution is -0.159. The van der Waals surface area contributed by atoms with Gasteiger partial charge in [-0.15, -0.1) is 23.4 Å². The number of nitrogens with one attached hydrogen (secondary N) is 1. The second kappa shape index (κ2) is 7.79. The Morgan fingerprint density at radius 1 is 1.48 bits per heavy atom. The molecule has 0 saturated carbocycles. The zero-order valence-corrected chi connectivity index (χ0v) is 16.0. The van der Waals surface area contributed by atoms with Crippen LogP contribution in [0.2, 0.25) is 0 Å². The third-order valence-corrected chi connectivity index (χ3v) is 6.11. The van der Waals surface area contributed by atoms with E-state index >= 15 is 0 Å². The van der Waals surface area contributed by atoms with Crippen molar-refractivity contribution < 1.29 is 23.9 Å². The Morgan fingerprint density at radius 3 is 2.78 bits per heavy atom. The summed E-state index contributed by atoms with van der Waals surface area (Å²) in [5, 5.41) is 1.74. The summed E-state index contributed by atoms with van der Waals surface area (Å²) in [4.78, 5) is 37.2. The number of hydrogen-bond acceptors (Lipinski definition) is 7.